The molecule has 0 saturated carbocycles. The van der Waals surface area contributed by atoms with Gasteiger partial charge in [-0.3, -0.25) is 19.7 Å². The second kappa shape index (κ2) is 13.8. The summed E-state index contributed by atoms with van der Waals surface area (Å²) in [6, 6.07) is 12.0. The third kappa shape index (κ3) is 6.57. The highest BCUT2D eigenvalue weighted by Gasteiger charge is 2.32. The Morgan fingerprint density at radius 2 is 1.66 bits per heavy atom. The van der Waals surface area contributed by atoms with Gasteiger partial charge in [0.1, 0.15) is 5.69 Å². The summed E-state index contributed by atoms with van der Waals surface area (Å²) in [5.41, 5.74) is 0.312. The lowest BCUT2D eigenvalue weighted by atomic mass is 10.1. The molecule has 13 heteroatoms. The minimum atomic E-state index is -0.625. The highest BCUT2D eigenvalue weighted by Crippen LogP contribution is 2.34. The van der Waals surface area contributed by atoms with Gasteiger partial charge in [-0.1, -0.05) is 41.4 Å². The van der Waals surface area contributed by atoms with Crippen LogP contribution in [-0.4, -0.2) is 78.4 Å². The number of aromatic nitrogens is 1. The highest BCUT2D eigenvalue weighted by atomic mass is 35.5. The van der Waals surface area contributed by atoms with Gasteiger partial charge in [0.25, 0.3) is 5.91 Å². The number of hydrogen-bond donors (Lipinski definition) is 1. The number of para-hydroxylation sites is 1. The maximum Gasteiger partial charge on any atom is 0.357 e. The summed E-state index contributed by atoms with van der Waals surface area (Å²) in [6.45, 7) is 2.27. The lowest BCUT2D eigenvalue weighted by Gasteiger charge is -2.36. The van der Waals surface area contributed by atoms with Gasteiger partial charge in [-0.05, 0) is 38.4 Å². The molecule has 1 aliphatic rings. The van der Waals surface area contributed by atoms with E-state index in [1.54, 1.807) is 29.2 Å². The Morgan fingerprint density at radius 1 is 1.03 bits per heavy atom. The summed E-state index contributed by atoms with van der Waals surface area (Å²) >= 11 is 16.7. The van der Waals surface area contributed by atoms with Gasteiger partial charge in [0.2, 0.25) is 0 Å². The molecule has 3 N–H and O–H groups in total. The molecule has 1 fully saturated rings. The monoisotopic (exact) mass is 584 g/mol. The molecule has 0 aliphatic carbocycles. The Kier molecular flexibility index (Phi) is 11.4. The van der Waals surface area contributed by atoms with Crippen LogP contribution in [0.15, 0.2) is 47.3 Å². The minimum Gasteiger partial charge on any atom is -0.362 e. The fourth-order valence-electron chi connectivity index (χ4n) is 4.33. The van der Waals surface area contributed by atoms with E-state index >= 15 is 0 Å². The number of pyridine rings is 1. The fourth-order valence-corrected chi connectivity index (χ4v) is 4.62. The van der Waals surface area contributed by atoms with Crippen molar-refractivity contribution in [3.05, 3.63) is 78.5 Å². The molecule has 1 aromatic heterocycles. The normalized spacial score (nSPS) is 13.1. The highest BCUT2D eigenvalue weighted by molar-refractivity contribution is 6.42. The molecule has 0 bridgehead atoms. The summed E-state index contributed by atoms with van der Waals surface area (Å²) < 4.78 is 1.47. The van der Waals surface area contributed by atoms with Crippen LogP contribution in [0.4, 0.5) is 11.4 Å². The van der Waals surface area contributed by atoms with Crippen LogP contribution in [-0.2, 0) is 6.54 Å². The van der Waals surface area contributed by atoms with E-state index in [-0.39, 0.29) is 12.1 Å². The first-order valence-corrected chi connectivity index (χ1v) is 13.0. The third-order valence-corrected chi connectivity index (χ3v) is 6.86. The van der Waals surface area contributed by atoms with Gasteiger partial charge in [-0.25, -0.2) is 0 Å². The van der Waals surface area contributed by atoms with Crippen LogP contribution in [0.1, 0.15) is 10.4 Å². The van der Waals surface area contributed by atoms with Gasteiger partial charge in [0.15, 0.2) is 0 Å². The molecule has 1 aliphatic heterocycles. The van der Waals surface area contributed by atoms with Gasteiger partial charge in [0.05, 0.1) is 20.5 Å². The molecule has 3 aromatic rings. The number of hydrogen-bond acceptors (Lipinski definition) is 7. The molecule has 0 atom stereocenters. The smallest absolute Gasteiger partial charge is 0.357 e. The van der Waals surface area contributed by atoms with Crippen molar-refractivity contribution in [3.63, 3.8) is 0 Å². The van der Waals surface area contributed by atoms with E-state index in [0.717, 1.165) is 0 Å². The minimum absolute atomic E-state index is 0. The quantitative estimate of drug-likeness (QED) is 0.251. The number of carbonyl (C=O) groups excluding carboxylic acids is 1. The summed E-state index contributed by atoms with van der Waals surface area (Å²) in [7, 11) is 3.77. The molecule has 38 heavy (non-hydrogen) atoms. The Balaban J connectivity index is 0.00000165. The molecule has 206 valence electrons. The number of piperazine rings is 1. The number of amides is 1. The van der Waals surface area contributed by atoms with Crippen molar-refractivity contribution in [2.75, 3.05) is 58.1 Å². The molecule has 4 rings (SSSR count). The Labute approximate surface area is 236 Å². The molecular formula is C25H31Cl3N6O4. The van der Waals surface area contributed by atoms with Gasteiger partial charge in [0, 0.05) is 56.6 Å². The number of carbonyl (C=O) groups is 1. The average molecular weight is 586 g/mol. The van der Waals surface area contributed by atoms with E-state index in [4.69, 9.17) is 23.2 Å². The zero-order chi connectivity index (χ0) is 27.3. The topological polar surface area (TPSA) is 127 Å². The third-order valence-electron chi connectivity index (χ3n) is 6.13. The number of fused-ring (bicyclic) bond motifs is 1. The maximum atomic E-state index is 13.3. The first-order valence-electron chi connectivity index (χ1n) is 11.5. The van der Waals surface area contributed by atoms with Crippen LogP contribution in [0.3, 0.4) is 0 Å². The number of nitrogens with zero attached hydrogens (tertiary/aromatic N) is 5. The van der Waals surface area contributed by atoms with Gasteiger partial charge >= 0.3 is 11.2 Å². The predicted molar refractivity (Wildman–Crippen MR) is 155 cm³/mol. The SMILES string of the molecule is CCl.CN(C)CCn1c(=O)c([N+](=O)[O-])c(N2CCN(C(=O)c3ccc(Cl)c(Cl)c3)CC2)c2ccccc21.N. The van der Waals surface area contributed by atoms with E-state index in [0.29, 0.717) is 71.5 Å². The first kappa shape index (κ1) is 31.3. The number of likely N-dealkylation sites (N-methyl/N-ethyl adjacent to an activating group) is 1. The van der Waals surface area contributed by atoms with Crippen LogP contribution in [0, 0.1) is 10.1 Å². The first-order chi connectivity index (χ1) is 17.7. The Bertz CT molecular complexity index is 1360. The van der Waals surface area contributed by atoms with Crippen molar-refractivity contribution < 1.29 is 9.72 Å². The van der Waals surface area contributed by atoms with Crippen LogP contribution < -0.4 is 16.6 Å². The maximum absolute atomic E-state index is 13.3. The second-order valence-electron chi connectivity index (χ2n) is 8.64. The number of halogens is 3. The largest absolute Gasteiger partial charge is 0.362 e. The molecular weight excluding hydrogens is 555 g/mol. The van der Waals surface area contributed by atoms with Crippen molar-refractivity contribution in [2.24, 2.45) is 0 Å². The number of anilines is 1. The number of benzene rings is 2. The van der Waals surface area contributed by atoms with E-state index in [1.807, 2.05) is 36.0 Å². The Morgan fingerprint density at radius 3 is 2.24 bits per heavy atom. The standard InChI is InChI=1S/C24H25Cl2N5O4.CH3Cl.H3N/c1-27(2)9-14-30-20-6-4-3-5-17(20)21(22(24(30)33)31(34)35)28-10-12-29(13-11-28)23(32)16-7-8-18(25)19(26)15-16;1-2;/h3-8,15H,9-14H2,1-2H3;1H3;1H3. The molecule has 1 saturated heterocycles. The van der Waals surface area contributed by atoms with Gasteiger partial charge in [-0.2, -0.15) is 0 Å². The van der Waals surface area contributed by atoms with Crippen molar-refractivity contribution >= 4 is 63.0 Å². The number of rotatable bonds is 6. The van der Waals surface area contributed by atoms with Crippen LogP contribution in [0.2, 0.25) is 10.0 Å². The van der Waals surface area contributed by atoms with E-state index in [9.17, 15) is 19.7 Å². The summed E-state index contributed by atoms with van der Waals surface area (Å²) in [5, 5.41) is 13.4. The lowest BCUT2D eigenvalue weighted by molar-refractivity contribution is -0.385. The van der Waals surface area contributed by atoms with Crippen molar-refractivity contribution in [2.45, 2.75) is 6.54 Å². The van der Waals surface area contributed by atoms with Crippen LogP contribution >= 0.6 is 34.8 Å². The summed E-state index contributed by atoms with van der Waals surface area (Å²) in [6.07, 6.45) is 1.47. The van der Waals surface area contributed by atoms with Gasteiger partial charge in [-0.15, -0.1) is 11.6 Å². The van der Waals surface area contributed by atoms with Gasteiger partial charge < -0.3 is 25.4 Å². The molecule has 2 aromatic carbocycles. The molecule has 10 nitrogen and oxygen atoms in total. The zero-order valence-corrected chi connectivity index (χ0v) is 23.8. The fraction of sp³-hybridized carbons (Fsp3) is 0.360. The summed E-state index contributed by atoms with van der Waals surface area (Å²) in [4.78, 5) is 43.2. The van der Waals surface area contributed by atoms with E-state index in [1.165, 1.54) is 17.0 Å². The molecule has 2 heterocycles. The van der Waals surface area contributed by atoms with Crippen molar-refractivity contribution in [3.8, 4) is 0 Å². The van der Waals surface area contributed by atoms with Crippen molar-refractivity contribution in [1.82, 2.24) is 20.5 Å². The second-order valence-corrected chi connectivity index (χ2v) is 9.45. The predicted octanol–water partition coefficient (Wildman–Crippen LogP) is 4.76. The molecule has 1 amide bonds. The molecule has 0 spiro atoms. The molecule has 0 unspecified atom stereocenters. The summed E-state index contributed by atoms with van der Waals surface area (Å²) in [5.74, 6) is -0.193. The lowest BCUT2D eigenvalue weighted by Crippen LogP contribution is -2.49. The van der Waals surface area contributed by atoms with Crippen LogP contribution in [0.5, 0.6) is 0 Å². The van der Waals surface area contributed by atoms with Crippen LogP contribution in [0.25, 0.3) is 10.9 Å². The average Bonchev–Trinajstić information content (AvgIpc) is 2.89. The van der Waals surface area contributed by atoms with E-state index in [2.05, 4.69) is 11.6 Å². The number of alkyl halides is 1. The molecule has 0 radical (unpaired) electrons. The Hall–Kier alpha value is -2.89. The van der Waals surface area contributed by atoms with Crippen molar-refractivity contribution in [1.29, 1.82) is 0 Å². The number of nitro groups is 1. The zero-order valence-electron chi connectivity index (χ0n) is 21.5. The van der Waals surface area contributed by atoms with E-state index < -0.39 is 16.2 Å².